The fourth-order valence-electron chi connectivity index (χ4n) is 3.54. The van der Waals surface area contributed by atoms with Crippen LogP contribution in [0.3, 0.4) is 0 Å². The highest BCUT2D eigenvalue weighted by atomic mass is 16.5. The number of nitrogens with one attached hydrogen (secondary N) is 1. The minimum absolute atomic E-state index is 0.0794. The number of aliphatic hydroxyl groups is 1. The number of rotatable bonds is 7. The second-order valence-corrected chi connectivity index (χ2v) is 7.57. The zero-order valence-corrected chi connectivity index (χ0v) is 19.8. The molecular formula is C26H25N3O6. The van der Waals surface area contributed by atoms with E-state index in [2.05, 4.69) is 15.3 Å². The minimum atomic E-state index is -0.432. The summed E-state index contributed by atoms with van der Waals surface area (Å²) in [6.07, 6.45) is 1.56. The summed E-state index contributed by atoms with van der Waals surface area (Å²) in [6, 6.07) is 13.7. The smallest absolute Gasteiger partial charge is 0.261 e. The Kier molecular flexibility index (Phi) is 6.98. The van der Waals surface area contributed by atoms with Crippen LogP contribution in [0.1, 0.15) is 21.6 Å². The average molecular weight is 476 g/mol. The number of anilines is 1. The largest absolute Gasteiger partial charge is 0.497 e. The van der Waals surface area contributed by atoms with Gasteiger partial charge < -0.3 is 29.1 Å². The van der Waals surface area contributed by atoms with Gasteiger partial charge in [-0.05, 0) is 49.4 Å². The Morgan fingerprint density at radius 3 is 2.43 bits per heavy atom. The summed E-state index contributed by atoms with van der Waals surface area (Å²) in [5.41, 5.74) is 2.89. The van der Waals surface area contributed by atoms with Gasteiger partial charge in [-0.3, -0.25) is 9.78 Å². The molecule has 0 saturated heterocycles. The maximum absolute atomic E-state index is 13.3. The fourth-order valence-corrected chi connectivity index (χ4v) is 3.54. The fraction of sp³-hybridized carbons (Fsp3) is 0.192. The Hall–Kier alpha value is -4.37. The van der Waals surface area contributed by atoms with Crippen molar-refractivity contribution in [3.63, 3.8) is 0 Å². The van der Waals surface area contributed by atoms with Crippen molar-refractivity contribution in [3.05, 3.63) is 77.1 Å². The summed E-state index contributed by atoms with van der Waals surface area (Å²) >= 11 is 0. The summed E-state index contributed by atoms with van der Waals surface area (Å²) in [5, 5.41) is 13.2. The van der Waals surface area contributed by atoms with Crippen molar-refractivity contribution in [1.82, 2.24) is 4.98 Å². The van der Waals surface area contributed by atoms with Crippen LogP contribution in [0.15, 0.2) is 64.1 Å². The molecule has 0 spiro atoms. The number of methoxy groups -OCH3 is 3. The number of carbonyl (C=O) groups excluding carboxylic acids is 1. The molecule has 0 radical (unpaired) electrons. The van der Waals surface area contributed by atoms with E-state index in [1.165, 1.54) is 7.11 Å². The second kappa shape index (κ2) is 10.3. The topological polar surface area (TPSA) is 115 Å². The van der Waals surface area contributed by atoms with Gasteiger partial charge in [0, 0.05) is 28.9 Å². The molecule has 0 aliphatic heterocycles. The van der Waals surface area contributed by atoms with Crippen LogP contribution in [0.25, 0.3) is 11.0 Å². The number of carbonyl (C=O) groups is 1. The molecule has 9 nitrogen and oxygen atoms in total. The lowest BCUT2D eigenvalue weighted by molar-refractivity contribution is 0.102. The number of fused-ring (bicyclic) bond motifs is 1. The van der Waals surface area contributed by atoms with E-state index in [-0.39, 0.29) is 17.7 Å². The molecule has 0 atom stereocenters. The first kappa shape index (κ1) is 23.8. The second-order valence-electron chi connectivity index (χ2n) is 7.57. The highest BCUT2D eigenvalue weighted by Gasteiger charge is 2.17. The molecule has 0 aliphatic carbocycles. The molecule has 0 fully saturated rings. The van der Waals surface area contributed by atoms with Crippen molar-refractivity contribution in [2.24, 2.45) is 4.99 Å². The molecule has 0 unspecified atom stereocenters. The number of nitrogens with zero attached hydrogens (tertiary/aromatic N) is 2. The van der Waals surface area contributed by atoms with Crippen molar-refractivity contribution in [2.75, 3.05) is 26.6 Å². The highest BCUT2D eigenvalue weighted by Crippen LogP contribution is 2.31. The van der Waals surface area contributed by atoms with E-state index in [0.717, 1.165) is 0 Å². The van der Waals surface area contributed by atoms with Crippen LogP contribution in [-0.4, -0.2) is 37.3 Å². The molecule has 0 aliphatic rings. The quantitative estimate of drug-likeness (QED) is 0.413. The monoisotopic (exact) mass is 475 g/mol. The van der Waals surface area contributed by atoms with Gasteiger partial charge in [0.25, 0.3) is 5.91 Å². The first-order valence-electron chi connectivity index (χ1n) is 10.7. The van der Waals surface area contributed by atoms with Crippen LogP contribution >= 0.6 is 0 Å². The normalized spacial score (nSPS) is 11.4. The summed E-state index contributed by atoms with van der Waals surface area (Å²) in [5.74, 6) is 1.27. The maximum atomic E-state index is 13.3. The first-order valence-corrected chi connectivity index (χ1v) is 10.7. The summed E-state index contributed by atoms with van der Waals surface area (Å²) in [4.78, 5) is 22.2. The molecule has 0 saturated carbocycles. The van der Waals surface area contributed by atoms with Gasteiger partial charge >= 0.3 is 0 Å². The van der Waals surface area contributed by atoms with Gasteiger partial charge in [0.05, 0.1) is 39.3 Å². The number of aliphatic hydroxyl groups excluding tert-OH is 1. The van der Waals surface area contributed by atoms with Gasteiger partial charge in [0.1, 0.15) is 11.3 Å². The van der Waals surface area contributed by atoms with Crippen molar-refractivity contribution in [3.8, 4) is 17.2 Å². The van der Waals surface area contributed by atoms with Gasteiger partial charge in [-0.25, -0.2) is 4.99 Å². The maximum Gasteiger partial charge on any atom is 0.261 e. The Bertz CT molecular complexity index is 1440. The summed E-state index contributed by atoms with van der Waals surface area (Å²) in [6.45, 7) is 1.52. The Balaban J connectivity index is 1.89. The number of benzene rings is 2. The molecule has 2 N–H and O–H groups in total. The number of hydrogen-bond donors (Lipinski definition) is 2. The van der Waals surface area contributed by atoms with Crippen LogP contribution in [0, 0.1) is 6.92 Å². The molecule has 35 heavy (non-hydrogen) atoms. The Labute approximate surface area is 201 Å². The Morgan fingerprint density at radius 2 is 1.77 bits per heavy atom. The standard InChI is InChI=1S/C26H25N3O6/c1-15-24-20(16(14-30)13-27-15)12-21(25(31)28-17-5-8-19(32-2)9-6-17)26(35-24)29-18-7-10-22(33-3)23(11-18)34-4/h5-13,30H,14H2,1-4H3,(H,28,31). The number of aromatic nitrogens is 1. The number of hydrogen-bond acceptors (Lipinski definition) is 8. The number of pyridine rings is 1. The molecular weight excluding hydrogens is 450 g/mol. The van der Waals surface area contributed by atoms with Crippen molar-refractivity contribution in [1.29, 1.82) is 0 Å². The van der Waals surface area contributed by atoms with Gasteiger partial charge in [0.15, 0.2) is 17.1 Å². The lowest BCUT2D eigenvalue weighted by atomic mass is 10.1. The van der Waals surface area contributed by atoms with E-state index >= 15 is 0 Å². The predicted molar refractivity (Wildman–Crippen MR) is 130 cm³/mol. The molecule has 2 aromatic carbocycles. The zero-order valence-electron chi connectivity index (χ0n) is 19.8. The van der Waals surface area contributed by atoms with Crippen LogP contribution < -0.4 is 25.1 Å². The molecule has 1 amide bonds. The van der Waals surface area contributed by atoms with Crippen molar-refractivity contribution < 1.29 is 28.5 Å². The van der Waals surface area contributed by atoms with E-state index in [9.17, 15) is 9.90 Å². The number of aryl methyl sites for hydroxylation is 1. The third-order valence-electron chi connectivity index (χ3n) is 5.41. The lowest BCUT2D eigenvalue weighted by Gasteiger charge is -2.11. The highest BCUT2D eigenvalue weighted by molar-refractivity contribution is 6.05. The molecule has 9 heteroatoms. The van der Waals surface area contributed by atoms with E-state index in [1.54, 1.807) is 75.9 Å². The molecule has 0 bridgehead atoms. The molecule has 4 aromatic rings. The molecule has 4 rings (SSSR count). The lowest BCUT2D eigenvalue weighted by Crippen LogP contribution is -2.22. The van der Waals surface area contributed by atoms with Gasteiger partial charge in [-0.1, -0.05) is 0 Å². The van der Waals surface area contributed by atoms with Crippen LogP contribution in [-0.2, 0) is 6.61 Å². The van der Waals surface area contributed by atoms with Crippen molar-refractivity contribution >= 4 is 28.3 Å². The third-order valence-corrected chi connectivity index (χ3v) is 5.41. The first-order chi connectivity index (χ1) is 17.0. The Morgan fingerprint density at radius 1 is 1.03 bits per heavy atom. The van der Waals surface area contributed by atoms with Gasteiger partial charge in [-0.15, -0.1) is 0 Å². The van der Waals surface area contributed by atoms with Gasteiger partial charge in [0.2, 0.25) is 5.55 Å². The van der Waals surface area contributed by atoms with Crippen LogP contribution in [0.4, 0.5) is 11.4 Å². The zero-order chi connectivity index (χ0) is 24.9. The third kappa shape index (κ3) is 4.95. The summed E-state index contributed by atoms with van der Waals surface area (Å²) in [7, 11) is 4.65. The van der Waals surface area contributed by atoms with E-state index < -0.39 is 5.91 Å². The number of ether oxygens (including phenoxy) is 3. The minimum Gasteiger partial charge on any atom is -0.497 e. The number of amides is 1. The molecule has 180 valence electrons. The van der Waals surface area contributed by atoms with Crippen LogP contribution in [0.2, 0.25) is 0 Å². The molecule has 2 aromatic heterocycles. The molecule has 2 heterocycles. The SMILES string of the molecule is COc1ccc(NC(=O)c2cc3c(CO)cnc(C)c3oc2=Nc2ccc(OC)c(OC)c2)cc1. The average Bonchev–Trinajstić information content (AvgIpc) is 2.89. The van der Waals surface area contributed by atoms with Crippen molar-refractivity contribution in [2.45, 2.75) is 13.5 Å². The van der Waals surface area contributed by atoms with E-state index in [1.807, 2.05) is 0 Å². The van der Waals surface area contributed by atoms with Gasteiger partial charge in [-0.2, -0.15) is 0 Å². The van der Waals surface area contributed by atoms with Crippen LogP contribution in [0.5, 0.6) is 17.2 Å². The van der Waals surface area contributed by atoms with E-state index in [0.29, 0.717) is 50.8 Å². The predicted octanol–water partition coefficient (Wildman–Crippen LogP) is 4.14. The summed E-state index contributed by atoms with van der Waals surface area (Å²) < 4.78 is 21.9. The van der Waals surface area contributed by atoms with E-state index in [4.69, 9.17) is 18.6 Å².